The highest BCUT2D eigenvalue weighted by Crippen LogP contribution is 2.40. The quantitative estimate of drug-likeness (QED) is 0.699. The molecule has 0 spiro atoms. The maximum Gasteiger partial charge on any atom is 0.132 e. The van der Waals surface area contributed by atoms with Gasteiger partial charge in [0.1, 0.15) is 29.2 Å². The lowest BCUT2D eigenvalue weighted by Gasteiger charge is -2.32. The molecule has 5 rings (SSSR count). The van der Waals surface area contributed by atoms with Gasteiger partial charge in [0.15, 0.2) is 0 Å². The number of ether oxygens (including phenoxy) is 2. The second-order valence-corrected chi connectivity index (χ2v) is 7.71. The number of hydrogen-bond donors (Lipinski definition) is 2. The van der Waals surface area contributed by atoms with E-state index >= 15 is 0 Å². The molecule has 1 saturated heterocycles. The number of hydrogen-bond acceptors (Lipinski definition) is 7. The van der Waals surface area contributed by atoms with Crippen LogP contribution < -0.4 is 9.64 Å². The van der Waals surface area contributed by atoms with Gasteiger partial charge in [0.05, 0.1) is 30.5 Å². The number of aliphatic hydroxyl groups is 1. The van der Waals surface area contributed by atoms with Crippen molar-refractivity contribution < 1.29 is 14.6 Å². The molecule has 28 heavy (non-hydrogen) atoms. The lowest BCUT2D eigenvalue weighted by molar-refractivity contribution is 0.00336. The third-order valence-electron chi connectivity index (χ3n) is 5.41. The fourth-order valence-electron chi connectivity index (χ4n) is 3.50. The fraction of sp³-hybridized carbons (Fsp3) is 0.450. The van der Waals surface area contributed by atoms with Crippen molar-refractivity contribution in [2.45, 2.75) is 31.5 Å². The lowest BCUT2D eigenvalue weighted by Crippen LogP contribution is -2.44. The van der Waals surface area contributed by atoms with Gasteiger partial charge in [0.25, 0.3) is 0 Å². The summed E-state index contributed by atoms with van der Waals surface area (Å²) in [5.74, 6) is 1.66. The summed E-state index contributed by atoms with van der Waals surface area (Å²) in [7, 11) is 0. The average Bonchev–Trinajstić information content (AvgIpc) is 3.30. The van der Waals surface area contributed by atoms with E-state index in [-0.39, 0.29) is 18.3 Å². The van der Waals surface area contributed by atoms with Crippen molar-refractivity contribution >= 4 is 16.7 Å². The molecule has 146 valence electrons. The molecule has 2 fully saturated rings. The second kappa shape index (κ2) is 6.72. The fourth-order valence-corrected chi connectivity index (χ4v) is 3.50. The van der Waals surface area contributed by atoms with E-state index in [1.165, 1.54) is 0 Å². The Bertz CT molecular complexity index is 1000. The highest BCUT2D eigenvalue weighted by atomic mass is 16.5. The summed E-state index contributed by atoms with van der Waals surface area (Å²) in [4.78, 5) is 11.0. The topological polar surface area (TPSA) is 96.4 Å². The van der Waals surface area contributed by atoms with Gasteiger partial charge in [-0.15, -0.1) is 0 Å². The Morgan fingerprint density at radius 1 is 1.32 bits per heavy atom. The second-order valence-electron chi connectivity index (χ2n) is 7.71. The highest BCUT2D eigenvalue weighted by molar-refractivity contribution is 5.93. The van der Waals surface area contributed by atoms with Crippen LogP contribution in [0.3, 0.4) is 0 Å². The number of aromatic amines is 1. The van der Waals surface area contributed by atoms with Crippen LogP contribution in [0.5, 0.6) is 5.75 Å². The Balaban J connectivity index is 1.47. The summed E-state index contributed by atoms with van der Waals surface area (Å²) >= 11 is 0. The molecule has 0 radical (unpaired) electrons. The summed E-state index contributed by atoms with van der Waals surface area (Å²) in [6, 6.07) is 7.92. The van der Waals surface area contributed by atoms with Crippen molar-refractivity contribution in [2.24, 2.45) is 0 Å². The standard InChI is InChI=1S/C20H23N5O3/c1-20(4-5-20)28-13-2-3-16-15(8-13)19(24-23-16)17-9-18(22-12-21-17)25-6-7-27-14(10-25)11-26/h2-3,8-9,12,14,26H,4-7,10-11H2,1H3,(H,23,24). The van der Waals surface area contributed by atoms with Crippen molar-refractivity contribution in [2.75, 3.05) is 31.2 Å². The number of H-pyrrole nitrogens is 1. The summed E-state index contributed by atoms with van der Waals surface area (Å²) in [6.07, 6.45) is 3.54. The van der Waals surface area contributed by atoms with Crippen molar-refractivity contribution in [3.8, 4) is 17.1 Å². The van der Waals surface area contributed by atoms with E-state index in [9.17, 15) is 5.11 Å². The Morgan fingerprint density at radius 3 is 3.04 bits per heavy atom. The van der Waals surface area contributed by atoms with Crippen LogP contribution in [0.1, 0.15) is 19.8 Å². The molecular weight excluding hydrogens is 358 g/mol. The van der Waals surface area contributed by atoms with E-state index in [1.807, 2.05) is 24.3 Å². The minimum atomic E-state index is -0.193. The molecule has 0 bridgehead atoms. The molecule has 8 heteroatoms. The number of morpholine rings is 1. The number of aromatic nitrogens is 4. The molecule has 3 aromatic rings. The van der Waals surface area contributed by atoms with Crippen molar-refractivity contribution in [3.05, 3.63) is 30.6 Å². The number of rotatable bonds is 5. The first-order valence-corrected chi connectivity index (χ1v) is 9.60. The van der Waals surface area contributed by atoms with Crippen LogP contribution in [0.15, 0.2) is 30.6 Å². The summed E-state index contributed by atoms with van der Waals surface area (Å²) < 4.78 is 11.6. The van der Waals surface area contributed by atoms with E-state index in [0.717, 1.165) is 53.2 Å². The molecule has 1 aliphatic carbocycles. The maximum atomic E-state index is 9.38. The third-order valence-corrected chi connectivity index (χ3v) is 5.41. The van der Waals surface area contributed by atoms with E-state index in [2.05, 4.69) is 32.0 Å². The van der Waals surface area contributed by atoms with Gasteiger partial charge >= 0.3 is 0 Å². The zero-order valence-corrected chi connectivity index (χ0v) is 15.8. The SMILES string of the molecule is CC1(Oc2ccc3[nH]nc(-c4cc(N5CCOC(CO)C5)ncn4)c3c2)CC1. The molecule has 1 unspecified atom stereocenters. The zero-order chi connectivity index (χ0) is 19.1. The number of nitrogens with zero attached hydrogens (tertiary/aromatic N) is 4. The van der Waals surface area contributed by atoms with Gasteiger partial charge in [-0.05, 0) is 38.0 Å². The summed E-state index contributed by atoms with van der Waals surface area (Å²) in [5.41, 5.74) is 2.43. The minimum Gasteiger partial charge on any atom is -0.488 e. The molecule has 2 aromatic heterocycles. The van der Waals surface area contributed by atoms with Crippen LogP contribution in [0.25, 0.3) is 22.3 Å². The first kappa shape index (κ1) is 17.4. The van der Waals surface area contributed by atoms with Crippen LogP contribution in [0, 0.1) is 0 Å². The molecule has 1 aliphatic heterocycles. The number of aliphatic hydroxyl groups excluding tert-OH is 1. The molecule has 1 atom stereocenters. The average molecular weight is 381 g/mol. The smallest absolute Gasteiger partial charge is 0.132 e. The first-order valence-electron chi connectivity index (χ1n) is 9.60. The van der Waals surface area contributed by atoms with E-state index in [4.69, 9.17) is 9.47 Å². The predicted octanol–water partition coefficient (Wildman–Crippen LogP) is 2.15. The predicted molar refractivity (Wildman–Crippen MR) is 104 cm³/mol. The molecule has 8 nitrogen and oxygen atoms in total. The maximum absolute atomic E-state index is 9.38. The molecular formula is C20H23N5O3. The highest BCUT2D eigenvalue weighted by Gasteiger charge is 2.40. The van der Waals surface area contributed by atoms with Crippen molar-refractivity contribution in [1.82, 2.24) is 20.2 Å². The van der Waals surface area contributed by atoms with Crippen LogP contribution in [0.4, 0.5) is 5.82 Å². The number of fused-ring (bicyclic) bond motifs is 1. The molecule has 1 aromatic carbocycles. The third kappa shape index (κ3) is 3.29. The van der Waals surface area contributed by atoms with Crippen LogP contribution in [0.2, 0.25) is 0 Å². The molecule has 3 heterocycles. The number of nitrogens with one attached hydrogen (secondary N) is 1. The van der Waals surface area contributed by atoms with E-state index in [0.29, 0.717) is 13.2 Å². The Kier molecular flexibility index (Phi) is 4.17. The van der Waals surface area contributed by atoms with Crippen LogP contribution >= 0.6 is 0 Å². The minimum absolute atomic E-state index is 0.000140. The Morgan fingerprint density at radius 2 is 2.21 bits per heavy atom. The number of benzene rings is 1. The molecule has 2 aliphatic rings. The normalized spacial score (nSPS) is 21.1. The first-order chi connectivity index (χ1) is 13.6. The van der Waals surface area contributed by atoms with Gasteiger partial charge in [-0.3, -0.25) is 5.10 Å². The lowest BCUT2D eigenvalue weighted by atomic mass is 10.1. The van der Waals surface area contributed by atoms with E-state index in [1.54, 1.807) is 6.33 Å². The largest absolute Gasteiger partial charge is 0.488 e. The van der Waals surface area contributed by atoms with Gasteiger partial charge in [0.2, 0.25) is 0 Å². The van der Waals surface area contributed by atoms with Crippen LogP contribution in [-0.4, -0.2) is 63.3 Å². The zero-order valence-electron chi connectivity index (χ0n) is 15.8. The Labute approximate surface area is 162 Å². The van der Waals surface area contributed by atoms with Crippen molar-refractivity contribution in [3.63, 3.8) is 0 Å². The van der Waals surface area contributed by atoms with Gasteiger partial charge in [0, 0.05) is 24.5 Å². The van der Waals surface area contributed by atoms with Gasteiger partial charge in [-0.25, -0.2) is 9.97 Å². The van der Waals surface area contributed by atoms with Crippen molar-refractivity contribution in [1.29, 1.82) is 0 Å². The monoisotopic (exact) mass is 381 g/mol. The molecule has 0 amide bonds. The molecule has 1 saturated carbocycles. The van der Waals surface area contributed by atoms with Crippen LogP contribution in [-0.2, 0) is 4.74 Å². The summed E-state index contributed by atoms with van der Waals surface area (Å²) in [6.45, 7) is 4.03. The number of anilines is 1. The molecule has 2 N–H and O–H groups in total. The van der Waals surface area contributed by atoms with Gasteiger partial charge in [-0.2, -0.15) is 5.10 Å². The Hall–Kier alpha value is -2.71. The van der Waals surface area contributed by atoms with Gasteiger partial charge < -0.3 is 19.5 Å². The summed E-state index contributed by atoms with van der Waals surface area (Å²) in [5, 5.41) is 17.9. The van der Waals surface area contributed by atoms with E-state index < -0.39 is 0 Å². The van der Waals surface area contributed by atoms with Gasteiger partial charge in [-0.1, -0.05) is 0 Å².